The van der Waals surface area contributed by atoms with Gasteiger partial charge in [0.1, 0.15) is 11.6 Å². The molecule has 1 aliphatic rings. The van der Waals surface area contributed by atoms with Crippen molar-refractivity contribution < 1.29 is 13.9 Å². The van der Waals surface area contributed by atoms with Crippen molar-refractivity contribution in [3.05, 3.63) is 70.5 Å². The standard InChI is InChI=1S/C19H17ClFNO2/c1-24-16-5-2-13(3-6-16)14-8-10-22(11-9-14)19(23)17-12-15(20)4-7-18(17)21/h2-8,12H,9-11H2,1H3. The number of hydrogen-bond donors (Lipinski definition) is 0. The quantitative estimate of drug-likeness (QED) is 0.824. The number of ether oxygens (including phenoxy) is 1. The zero-order valence-corrected chi connectivity index (χ0v) is 14.0. The van der Waals surface area contributed by atoms with Crippen molar-refractivity contribution >= 4 is 23.1 Å². The van der Waals surface area contributed by atoms with E-state index in [0.29, 0.717) is 18.1 Å². The van der Waals surface area contributed by atoms with Gasteiger partial charge in [-0.1, -0.05) is 29.8 Å². The van der Waals surface area contributed by atoms with Crippen LogP contribution in [-0.4, -0.2) is 31.0 Å². The normalized spacial score (nSPS) is 14.3. The molecule has 0 N–H and O–H groups in total. The highest BCUT2D eigenvalue weighted by Gasteiger charge is 2.22. The molecule has 5 heteroatoms. The number of halogens is 2. The topological polar surface area (TPSA) is 29.5 Å². The van der Waals surface area contributed by atoms with Gasteiger partial charge in [-0.2, -0.15) is 0 Å². The van der Waals surface area contributed by atoms with Gasteiger partial charge in [-0.25, -0.2) is 4.39 Å². The van der Waals surface area contributed by atoms with Crippen LogP contribution in [0.1, 0.15) is 22.3 Å². The first kappa shape index (κ1) is 16.5. The Balaban J connectivity index is 1.74. The number of hydrogen-bond acceptors (Lipinski definition) is 2. The molecule has 0 aromatic heterocycles. The molecule has 1 heterocycles. The van der Waals surface area contributed by atoms with Gasteiger partial charge in [0.2, 0.25) is 0 Å². The minimum absolute atomic E-state index is 0.0174. The predicted octanol–water partition coefficient (Wildman–Crippen LogP) is 4.42. The summed E-state index contributed by atoms with van der Waals surface area (Å²) < 4.78 is 19.0. The molecule has 0 saturated heterocycles. The summed E-state index contributed by atoms with van der Waals surface area (Å²) in [5, 5.41) is 0.353. The highest BCUT2D eigenvalue weighted by atomic mass is 35.5. The van der Waals surface area contributed by atoms with Crippen LogP contribution >= 0.6 is 11.6 Å². The molecule has 0 aliphatic carbocycles. The third-order valence-corrected chi connectivity index (χ3v) is 4.35. The molecule has 3 nitrogen and oxygen atoms in total. The van der Waals surface area contributed by atoms with E-state index in [1.54, 1.807) is 12.0 Å². The van der Waals surface area contributed by atoms with Crippen molar-refractivity contribution in [2.45, 2.75) is 6.42 Å². The van der Waals surface area contributed by atoms with Gasteiger partial charge in [-0.3, -0.25) is 4.79 Å². The van der Waals surface area contributed by atoms with Crippen LogP contribution in [0.2, 0.25) is 5.02 Å². The smallest absolute Gasteiger partial charge is 0.257 e. The molecule has 0 unspecified atom stereocenters. The average Bonchev–Trinajstić information content (AvgIpc) is 2.63. The number of rotatable bonds is 3. The predicted molar refractivity (Wildman–Crippen MR) is 92.9 cm³/mol. The maximum Gasteiger partial charge on any atom is 0.257 e. The van der Waals surface area contributed by atoms with Crippen molar-refractivity contribution in [1.29, 1.82) is 0 Å². The van der Waals surface area contributed by atoms with E-state index >= 15 is 0 Å². The summed E-state index contributed by atoms with van der Waals surface area (Å²) in [7, 11) is 1.63. The van der Waals surface area contributed by atoms with Crippen molar-refractivity contribution in [1.82, 2.24) is 4.90 Å². The van der Waals surface area contributed by atoms with Gasteiger partial charge < -0.3 is 9.64 Å². The molecule has 1 aliphatic heterocycles. The first-order valence-electron chi connectivity index (χ1n) is 7.66. The van der Waals surface area contributed by atoms with E-state index < -0.39 is 5.82 Å². The van der Waals surface area contributed by atoms with E-state index in [4.69, 9.17) is 16.3 Å². The highest BCUT2D eigenvalue weighted by molar-refractivity contribution is 6.31. The van der Waals surface area contributed by atoms with Crippen molar-refractivity contribution in [2.75, 3.05) is 20.2 Å². The molecule has 0 spiro atoms. The van der Waals surface area contributed by atoms with Gasteiger partial charge in [0.05, 0.1) is 12.7 Å². The Kier molecular flexibility index (Phi) is 4.86. The van der Waals surface area contributed by atoms with Gasteiger partial charge in [-0.05, 0) is 47.9 Å². The fourth-order valence-electron chi connectivity index (χ4n) is 2.75. The summed E-state index contributed by atoms with van der Waals surface area (Å²) in [6.45, 7) is 0.995. The summed E-state index contributed by atoms with van der Waals surface area (Å²) >= 11 is 5.87. The van der Waals surface area contributed by atoms with Crippen LogP contribution < -0.4 is 4.74 Å². The van der Waals surface area contributed by atoms with E-state index in [2.05, 4.69) is 0 Å². The first-order chi connectivity index (χ1) is 11.6. The second-order valence-corrected chi connectivity index (χ2v) is 6.02. The zero-order chi connectivity index (χ0) is 17.1. The fraction of sp³-hybridized carbons (Fsp3) is 0.211. The monoisotopic (exact) mass is 345 g/mol. The third-order valence-electron chi connectivity index (χ3n) is 4.12. The molecule has 24 heavy (non-hydrogen) atoms. The number of carbonyl (C=O) groups excluding carboxylic acids is 1. The second kappa shape index (κ2) is 7.05. The van der Waals surface area contributed by atoms with Crippen LogP contribution in [0, 0.1) is 5.82 Å². The highest BCUT2D eigenvalue weighted by Crippen LogP contribution is 2.25. The van der Waals surface area contributed by atoms with Gasteiger partial charge in [0.15, 0.2) is 0 Å². The van der Waals surface area contributed by atoms with E-state index in [9.17, 15) is 9.18 Å². The SMILES string of the molecule is COc1ccc(C2=CCN(C(=O)c3cc(Cl)ccc3F)CC2)cc1. The molecule has 124 valence electrons. The number of nitrogens with zero attached hydrogens (tertiary/aromatic N) is 1. The van der Waals surface area contributed by atoms with Crippen LogP contribution in [0.5, 0.6) is 5.75 Å². The number of methoxy groups -OCH3 is 1. The van der Waals surface area contributed by atoms with Crippen molar-refractivity contribution in [3.8, 4) is 5.75 Å². The Hall–Kier alpha value is -2.33. The van der Waals surface area contributed by atoms with Crippen LogP contribution in [0.4, 0.5) is 4.39 Å². The van der Waals surface area contributed by atoms with E-state index in [1.807, 2.05) is 30.3 Å². The Morgan fingerprint density at radius 2 is 1.96 bits per heavy atom. The molecular formula is C19H17ClFNO2. The van der Waals surface area contributed by atoms with Crippen molar-refractivity contribution in [3.63, 3.8) is 0 Å². The molecular weight excluding hydrogens is 329 g/mol. The molecule has 3 rings (SSSR count). The van der Waals surface area contributed by atoms with Crippen LogP contribution in [0.25, 0.3) is 5.57 Å². The lowest BCUT2D eigenvalue weighted by molar-refractivity contribution is 0.0768. The van der Waals surface area contributed by atoms with Crippen LogP contribution in [-0.2, 0) is 0 Å². The Morgan fingerprint density at radius 1 is 1.21 bits per heavy atom. The molecule has 0 saturated carbocycles. The fourth-order valence-corrected chi connectivity index (χ4v) is 2.92. The minimum atomic E-state index is -0.547. The number of carbonyl (C=O) groups is 1. The summed E-state index contributed by atoms with van der Waals surface area (Å²) in [4.78, 5) is 14.1. The largest absolute Gasteiger partial charge is 0.497 e. The molecule has 0 radical (unpaired) electrons. The summed E-state index contributed by atoms with van der Waals surface area (Å²) in [6.07, 6.45) is 2.73. The molecule has 1 amide bonds. The van der Waals surface area contributed by atoms with E-state index in [0.717, 1.165) is 17.7 Å². The summed E-state index contributed by atoms with van der Waals surface area (Å²) in [5.74, 6) is -0.0715. The van der Waals surface area contributed by atoms with Crippen molar-refractivity contribution in [2.24, 2.45) is 0 Å². The van der Waals surface area contributed by atoms with E-state index in [-0.39, 0.29) is 11.5 Å². The maximum absolute atomic E-state index is 13.9. The van der Waals surface area contributed by atoms with E-state index in [1.165, 1.54) is 23.8 Å². The first-order valence-corrected chi connectivity index (χ1v) is 8.04. The summed E-state index contributed by atoms with van der Waals surface area (Å²) in [6, 6.07) is 11.9. The maximum atomic E-state index is 13.9. The van der Waals surface area contributed by atoms with Gasteiger partial charge in [0.25, 0.3) is 5.91 Å². The van der Waals surface area contributed by atoms with Crippen LogP contribution in [0.15, 0.2) is 48.5 Å². The lowest BCUT2D eigenvalue weighted by Gasteiger charge is -2.27. The second-order valence-electron chi connectivity index (χ2n) is 5.58. The molecule has 0 fully saturated rings. The lowest BCUT2D eigenvalue weighted by atomic mass is 9.99. The van der Waals surface area contributed by atoms with Crippen LogP contribution in [0.3, 0.4) is 0 Å². The Labute approximate surface area is 145 Å². The Morgan fingerprint density at radius 3 is 2.58 bits per heavy atom. The number of benzene rings is 2. The average molecular weight is 346 g/mol. The van der Waals surface area contributed by atoms with Gasteiger partial charge in [-0.15, -0.1) is 0 Å². The molecule has 2 aromatic carbocycles. The summed E-state index contributed by atoms with van der Waals surface area (Å²) in [5.41, 5.74) is 2.30. The lowest BCUT2D eigenvalue weighted by Crippen LogP contribution is -2.35. The molecule has 0 bridgehead atoms. The van der Waals surface area contributed by atoms with Gasteiger partial charge in [0, 0.05) is 18.1 Å². The minimum Gasteiger partial charge on any atom is -0.497 e. The number of amides is 1. The van der Waals surface area contributed by atoms with Gasteiger partial charge >= 0.3 is 0 Å². The molecule has 0 atom stereocenters. The third kappa shape index (κ3) is 3.44. The zero-order valence-electron chi connectivity index (χ0n) is 13.3. The molecule has 2 aromatic rings. The Bertz CT molecular complexity index is 786.